The first kappa shape index (κ1) is 13.2. The summed E-state index contributed by atoms with van der Waals surface area (Å²) in [6.07, 6.45) is 0.978. The van der Waals surface area contributed by atoms with E-state index in [0.29, 0.717) is 28.8 Å². The first-order chi connectivity index (χ1) is 8.61. The zero-order valence-corrected chi connectivity index (χ0v) is 11.1. The van der Waals surface area contributed by atoms with E-state index in [1.165, 1.54) is 0 Å². The molecule has 1 aliphatic rings. The summed E-state index contributed by atoms with van der Waals surface area (Å²) in [6, 6.07) is 4.99. The molecule has 5 heteroatoms. The summed E-state index contributed by atoms with van der Waals surface area (Å²) in [7, 11) is 1.68. The number of benzene rings is 1. The number of anilines is 1. The van der Waals surface area contributed by atoms with Crippen molar-refractivity contribution in [2.24, 2.45) is 5.92 Å². The Morgan fingerprint density at radius 2 is 2.39 bits per heavy atom. The van der Waals surface area contributed by atoms with Gasteiger partial charge in [0.15, 0.2) is 0 Å². The number of nitrogen functional groups attached to an aromatic ring is 1. The maximum atomic E-state index is 12.3. The molecule has 0 aromatic heterocycles. The number of methoxy groups -OCH3 is 1. The van der Waals surface area contributed by atoms with Crippen molar-refractivity contribution < 1.29 is 9.53 Å². The zero-order valence-electron chi connectivity index (χ0n) is 10.4. The predicted octanol–water partition coefficient (Wildman–Crippen LogP) is 2.03. The van der Waals surface area contributed by atoms with Crippen molar-refractivity contribution in [2.45, 2.75) is 6.42 Å². The highest BCUT2D eigenvalue weighted by Gasteiger charge is 2.27. The van der Waals surface area contributed by atoms with Gasteiger partial charge in [-0.2, -0.15) is 0 Å². The Morgan fingerprint density at radius 3 is 3.06 bits per heavy atom. The molecule has 1 heterocycles. The topological polar surface area (TPSA) is 55.6 Å². The van der Waals surface area contributed by atoms with Crippen LogP contribution in [0.15, 0.2) is 18.2 Å². The van der Waals surface area contributed by atoms with E-state index in [0.717, 1.165) is 19.5 Å². The highest BCUT2D eigenvalue weighted by atomic mass is 35.5. The lowest BCUT2D eigenvalue weighted by Gasteiger charge is -2.17. The van der Waals surface area contributed by atoms with E-state index in [-0.39, 0.29) is 5.91 Å². The molecule has 0 bridgehead atoms. The van der Waals surface area contributed by atoms with Gasteiger partial charge in [0.05, 0.1) is 17.2 Å². The molecular weight excluding hydrogens is 252 g/mol. The molecule has 2 rings (SSSR count). The van der Waals surface area contributed by atoms with Gasteiger partial charge in [-0.05, 0) is 24.6 Å². The Balaban J connectivity index is 2.08. The highest BCUT2D eigenvalue weighted by Crippen LogP contribution is 2.24. The molecule has 98 valence electrons. The van der Waals surface area contributed by atoms with Crippen molar-refractivity contribution in [3.8, 4) is 0 Å². The first-order valence-electron chi connectivity index (χ1n) is 5.95. The van der Waals surface area contributed by atoms with E-state index in [2.05, 4.69) is 0 Å². The summed E-state index contributed by atoms with van der Waals surface area (Å²) in [5.41, 5.74) is 6.70. The number of nitrogens with two attached hydrogens (primary N) is 1. The summed E-state index contributed by atoms with van der Waals surface area (Å²) >= 11 is 6.05. The highest BCUT2D eigenvalue weighted by molar-refractivity contribution is 6.34. The molecule has 1 aliphatic heterocycles. The Hall–Kier alpha value is -1.26. The molecule has 1 amide bonds. The SMILES string of the molecule is COCC1CCN(C(=O)c2ccc(N)cc2Cl)C1. The number of likely N-dealkylation sites (tertiary alicyclic amines) is 1. The second-order valence-corrected chi connectivity index (χ2v) is 5.01. The minimum absolute atomic E-state index is 0.0291. The van der Waals surface area contributed by atoms with Crippen molar-refractivity contribution in [3.63, 3.8) is 0 Å². The van der Waals surface area contributed by atoms with E-state index >= 15 is 0 Å². The maximum absolute atomic E-state index is 12.3. The lowest BCUT2D eigenvalue weighted by atomic mass is 10.1. The number of rotatable bonds is 3. The third kappa shape index (κ3) is 2.76. The number of amides is 1. The Labute approximate surface area is 112 Å². The van der Waals surface area contributed by atoms with Crippen LogP contribution in [-0.2, 0) is 4.74 Å². The molecule has 1 atom stereocenters. The third-order valence-corrected chi connectivity index (χ3v) is 3.51. The van der Waals surface area contributed by atoms with Crippen LogP contribution in [0.3, 0.4) is 0 Å². The van der Waals surface area contributed by atoms with Crippen LogP contribution in [0.5, 0.6) is 0 Å². The fraction of sp³-hybridized carbons (Fsp3) is 0.462. The van der Waals surface area contributed by atoms with Crippen LogP contribution in [-0.4, -0.2) is 37.6 Å². The largest absolute Gasteiger partial charge is 0.399 e. The van der Waals surface area contributed by atoms with Crippen LogP contribution >= 0.6 is 11.6 Å². The summed E-state index contributed by atoms with van der Waals surface area (Å²) in [5, 5.41) is 0.412. The molecule has 4 nitrogen and oxygen atoms in total. The first-order valence-corrected chi connectivity index (χ1v) is 6.33. The average Bonchev–Trinajstić information content (AvgIpc) is 2.77. The van der Waals surface area contributed by atoms with Crippen LogP contribution in [0.2, 0.25) is 5.02 Å². The summed E-state index contributed by atoms with van der Waals surface area (Å²) < 4.78 is 5.12. The van der Waals surface area contributed by atoms with Gasteiger partial charge in [-0.25, -0.2) is 0 Å². The second-order valence-electron chi connectivity index (χ2n) is 4.60. The fourth-order valence-corrected chi connectivity index (χ4v) is 2.53. The molecule has 1 unspecified atom stereocenters. The van der Waals surface area contributed by atoms with Crippen molar-refractivity contribution in [1.29, 1.82) is 0 Å². The molecule has 0 radical (unpaired) electrons. The molecule has 0 saturated carbocycles. The molecule has 1 saturated heterocycles. The van der Waals surface area contributed by atoms with Gasteiger partial charge >= 0.3 is 0 Å². The summed E-state index contributed by atoms with van der Waals surface area (Å²) in [6.45, 7) is 2.18. The molecule has 2 N–H and O–H groups in total. The van der Waals surface area contributed by atoms with Gasteiger partial charge in [0, 0.05) is 31.8 Å². The molecule has 1 aromatic carbocycles. The molecule has 0 aliphatic carbocycles. The Morgan fingerprint density at radius 1 is 1.61 bits per heavy atom. The van der Waals surface area contributed by atoms with E-state index in [9.17, 15) is 4.79 Å². The normalized spacial score (nSPS) is 19.2. The third-order valence-electron chi connectivity index (χ3n) is 3.20. The van der Waals surface area contributed by atoms with E-state index in [4.69, 9.17) is 22.1 Å². The number of ether oxygens (including phenoxy) is 1. The van der Waals surface area contributed by atoms with Crippen molar-refractivity contribution in [1.82, 2.24) is 4.90 Å². The van der Waals surface area contributed by atoms with Gasteiger partial charge < -0.3 is 15.4 Å². The van der Waals surface area contributed by atoms with Crippen molar-refractivity contribution >= 4 is 23.2 Å². The Kier molecular flexibility index (Phi) is 4.09. The number of halogens is 1. The minimum atomic E-state index is -0.0291. The van der Waals surface area contributed by atoms with Crippen LogP contribution in [0.25, 0.3) is 0 Å². The molecule has 1 aromatic rings. The van der Waals surface area contributed by atoms with Crippen LogP contribution in [0, 0.1) is 5.92 Å². The molecular formula is C13H17ClN2O2. The van der Waals surface area contributed by atoms with Crippen LogP contribution in [0.4, 0.5) is 5.69 Å². The zero-order chi connectivity index (χ0) is 13.1. The fourth-order valence-electron chi connectivity index (χ4n) is 2.26. The van der Waals surface area contributed by atoms with Gasteiger partial charge in [-0.3, -0.25) is 4.79 Å². The van der Waals surface area contributed by atoms with Crippen molar-refractivity contribution in [3.05, 3.63) is 28.8 Å². The lowest BCUT2D eigenvalue weighted by Crippen LogP contribution is -2.29. The molecule has 1 fully saturated rings. The number of hydrogen-bond donors (Lipinski definition) is 1. The molecule has 18 heavy (non-hydrogen) atoms. The van der Waals surface area contributed by atoms with Gasteiger partial charge in [0.2, 0.25) is 0 Å². The number of nitrogens with zero attached hydrogens (tertiary/aromatic N) is 1. The van der Waals surface area contributed by atoms with Crippen LogP contribution in [0.1, 0.15) is 16.8 Å². The average molecular weight is 269 g/mol. The van der Waals surface area contributed by atoms with Gasteiger partial charge in [-0.15, -0.1) is 0 Å². The predicted molar refractivity (Wildman–Crippen MR) is 71.8 cm³/mol. The Bertz CT molecular complexity index is 451. The van der Waals surface area contributed by atoms with E-state index < -0.39 is 0 Å². The smallest absolute Gasteiger partial charge is 0.255 e. The number of carbonyl (C=O) groups excluding carboxylic acids is 1. The van der Waals surface area contributed by atoms with Crippen molar-refractivity contribution in [2.75, 3.05) is 32.5 Å². The van der Waals surface area contributed by atoms with E-state index in [1.54, 1.807) is 25.3 Å². The van der Waals surface area contributed by atoms with E-state index in [1.807, 2.05) is 4.90 Å². The van der Waals surface area contributed by atoms with Gasteiger partial charge in [-0.1, -0.05) is 11.6 Å². The minimum Gasteiger partial charge on any atom is -0.399 e. The van der Waals surface area contributed by atoms with Gasteiger partial charge in [0.1, 0.15) is 0 Å². The van der Waals surface area contributed by atoms with Crippen LogP contribution < -0.4 is 5.73 Å². The number of hydrogen-bond acceptors (Lipinski definition) is 3. The monoisotopic (exact) mass is 268 g/mol. The standard InChI is InChI=1S/C13H17ClN2O2/c1-18-8-9-4-5-16(7-9)13(17)11-3-2-10(15)6-12(11)14/h2-3,6,9H,4-5,7-8,15H2,1H3. The summed E-state index contributed by atoms with van der Waals surface area (Å²) in [4.78, 5) is 14.1. The number of carbonyl (C=O) groups is 1. The second kappa shape index (κ2) is 5.59. The quantitative estimate of drug-likeness (QED) is 0.854. The van der Waals surface area contributed by atoms with Gasteiger partial charge in [0.25, 0.3) is 5.91 Å². The maximum Gasteiger partial charge on any atom is 0.255 e. The lowest BCUT2D eigenvalue weighted by molar-refractivity contribution is 0.0775. The summed E-state index contributed by atoms with van der Waals surface area (Å²) in [5.74, 6) is 0.394. The molecule has 0 spiro atoms.